The van der Waals surface area contributed by atoms with Crippen molar-refractivity contribution in [2.24, 2.45) is 0 Å². The number of thiophene rings is 1. The van der Waals surface area contributed by atoms with E-state index in [1.165, 1.54) is 30.6 Å². The molecule has 0 aliphatic carbocycles. The highest BCUT2D eigenvalue weighted by Crippen LogP contribution is 2.29. The molecule has 0 spiro atoms. The highest BCUT2D eigenvalue weighted by Gasteiger charge is 2.14. The van der Waals surface area contributed by atoms with Crippen LogP contribution in [-0.4, -0.2) is 44.2 Å². The van der Waals surface area contributed by atoms with Crippen LogP contribution in [0.4, 0.5) is 0 Å². The van der Waals surface area contributed by atoms with Crippen molar-refractivity contribution in [3.63, 3.8) is 0 Å². The van der Waals surface area contributed by atoms with Gasteiger partial charge in [-0.15, -0.1) is 11.3 Å². The third-order valence-corrected chi connectivity index (χ3v) is 5.10. The van der Waals surface area contributed by atoms with Gasteiger partial charge >= 0.3 is 5.97 Å². The normalized spacial score (nSPS) is 15.9. The van der Waals surface area contributed by atoms with Gasteiger partial charge in [0.2, 0.25) is 0 Å². The molecular weight excluding hydrogens is 298 g/mol. The first kappa shape index (κ1) is 15.3. The van der Waals surface area contributed by atoms with Gasteiger partial charge in [0.25, 0.3) is 0 Å². The third kappa shape index (κ3) is 3.59. The SMILES string of the molecule is COc1ccc2cc(C(=O)OCCN3CCCCC3)sc2c1. The summed E-state index contributed by atoms with van der Waals surface area (Å²) in [4.78, 5) is 15.2. The van der Waals surface area contributed by atoms with Crippen LogP contribution < -0.4 is 4.74 Å². The summed E-state index contributed by atoms with van der Waals surface area (Å²) in [5.41, 5.74) is 0. The number of piperidine rings is 1. The first-order valence-electron chi connectivity index (χ1n) is 7.73. The lowest BCUT2D eigenvalue weighted by Gasteiger charge is -2.25. The maximum absolute atomic E-state index is 12.1. The molecule has 0 bridgehead atoms. The van der Waals surface area contributed by atoms with E-state index in [2.05, 4.69) is 4.90 Å². The molecule has 0 unspecified atom stereocenters. The second-order valence-electron chi connectivity index (χ2n) is 5.55. The zero-order chi connectivity index (χ0) is 15.4. The van der Waals surface area contributed by atoms with Gasteiger partial charge in [-0.25, -0.2) is 4.79 Å². The van der Waals surface area contributed by atoms with Crippen molar-refractivity contribution in [2.45, 2.75) is 19.3 Å². The van der Waals surface area contributed by atoms with Crippen molar-refractivity contribution < 1.29 is 14.3 Å². The van der Waals surface area contributed by atoms with Crippen LogP contribution >= 0.6 is 11.3 Å². The Balaban J connectivity index is 1.57. The van der Waals surface area contributed by atoms with Gasteiger partial charge in [-0.3, -0.25) is 4.90 Å². The number of likely N-dealkylation sites (tertiary alicyclic amines) is 1. The number of esters is 1. The number of rotatable bonds is 5. The van der Waals surface area contributed by atoms with Crippen molar-refractivity contribution in [1.82, 2.24) is 4.90 Å². The van der Waals surface area contributed by atoms with Crippen LogP contribution in [0.3, 0.4) is 0 Å². The highest BCUT2D eigenvalue weighted by molar-refractivity contribution is 7.20. The Kier molecular flexibility index (Phi) is 4.95. The second kappa shape index (κ2) is 7.11. The Hall–Kier alpha value is -1.59. The van der Waals surface area contributed by atoms with Gasteiger partial charge < -0.3 is 9.47 Å². The monoisotopic (exact) mass is 319 g/mol. The van der Waals surface area contributed by atoms with E-state index in [0.717, 1.165) is 35.5 Å². The Morgan fingerprint density at radius 1 is 1.23 bits per heavy atom. The molecule has 22 heavy (non-hydrogen) atoms. The molecule has 0 saturated carbocycles. The number of ether oxygens (including phenoxy) is 2. The van der Waals surface area contributed by atoms with Gasteiger partial charge in [0.1, 0.15) is 17.2 Å². The second-order valence-corrected chi connectivity index (χ2v) is 6.64. The van der Waals surface area contributed by atoms with Gasteiger partial charge in [-0.05, 0) is 55.6 Å². The number of benzene rings is 1. The Morgan fingerprint density at radius 2 is 2.05 bits per heavy atom. The number of nitrogens with zero attached hydrogens (tertiary/aromatic N) is 1. The van der Waals surface area contributed by atoms with Crippen molar-refractivity contribution in [3.8, 4) is 5.75 Å². The maximum atomic E-state index is 12.1. The minimum absolute atomic E-state index is 0.225. The lowest BCUT2D eigenvalue weighted by Crippen LogP contribution is -2.33. The van der Waals surface area contributed by atoms with E-state index >= 15 is 0 Å². The Labute approximate surface area is 134 Å². The van der Waals surface area contributed by atoms with Gasteiger partial charge in [-0.2, -0.15) is 0 Å². The zero-order valence-electron chi connectivity index (χ0n) is 12.8. The molecule has 2 aromatic rings. The largest absolute Gasteiger partial charge is 0.497 e. The number of carbonyl (C=O) groups is 1. The lowest BCUT2D eigenvalue weighted by atomic mass is 10.1. The topological polar surface area (TPSA) is 38.8 Å². The molecule has 4 nitrogen and oxygen atoms in total. The van der Waals surface area contributed by atoms with E-state index in [9.17, 15) is 4.79 Å². The molecule has 1 aromatic heterocycles. The predicted octanol–water partition coefficient (Wildman–Crippen LogP) is 3.55. The first-order valence-corrected chi connectivity index (χ1v) is 8.55. The molecule has 1 aliphatic heterocycles. The molecular formula is C17H21NO3S. The fourth-order valence-corrected chi connectivity index (χ4v) is 3.75. The summed E-state index contributed by atoms with van der Waals surface area (Å²) in [6, 6.07) is 7.71. The maximum Gasteiger partial charge on any atom is 0.348 e. The summed E-state index contributed by atoms with van der Waals surface area (Å²) < 4.78 is 11.7. The van der Waals surface area contributed by atoms with Crippen LogP contribution in [0.15, 0.2) is 24.3 Å². The van der Waals surface area contributed by atoms with E-state index in [1.807, 2.05) is 24.3 Å². The van der Waals surface area contributed by atoms with Crippen molar-refractivity contribution in [3.05, 3.63) is 29.1 Å². The van der Waals surface area contributed by atoms with Gasteiger partial charge in [0, 0.05) is 11.2 Å². The summed E-state index contributed by atoms with van der Waals surface area (Å²) in [7, 11) is 1.64. The van der Waals surface area contributed by atoms with E-state index in [0.29, 0.717) is 11.5 Å². The molecule has 5 heteroatoms. The number of hydrogen-bond acceptors (Lipinski definition) is 5. The van der Waals surface area contributed by atoms with Crippen LogP contribution in [0.1, 0.15) is 28.9 Å². The summed E-state index contributed by atoms with van der Waals surface area (Å²) in [5, 5.41) is 1.05. The Bertz CT molecular complexity index is 646. The minimum atomic E-state index is -0.225. The first-order chi connectivity index (χ1) is 10.8. The lowest BCUT2D eigenvalue weighted by molar-refractivity contribution is 0.0458. The third-order valence-electron chi connectivity index (χ3n) is 4.02. The fraction of sp³-hybridized carbons (Fsp3) is 0.471. The standard InChI is InChI=1S/C17H21NO3S/c1-20-14-6-5-13-11-16(22-15(13)12-14)17(19)21-10-9-18-7-3-2-4-8-18/h5-6,11-12H,2-4,7-10H2,1H3. The fourth-order valence-electron chi connectivity index (χ4n) is 2.76. The smallest absolute Gasteiger partial charge is 0.348 e. The van der Waals surface area contributed by atoms with Crippen LogP contribution in [0.25, 0.3) is 10.1 Å². The minimum Gasteiger partial charge on any atom is -0.497 e. The van der Waals surface area contributed by atoms with Gasteiger partial charge in [-0.1, -0.05) is 6.42 Å². The van der Waals surface area contributed by atoms with Crippen LogP contribution in [0.5, 0.6) is 5.75 Å². The quantitative estimate of drug-likeness (QED) is 0.790. The summed E-state index contributed by atoms with van der Waals surface area (Å²) in [6.45, 7) is 3.56. The average molecular weight is 319 g/mol. The molecule has 3 rings (SSSR count). The molecule has 1 saturated heterocycles. The average Bonchev–Trinajstić information content (AvgIpc) is 2.99. The number of hydrogen-bond donors (Lipinski definition) is 0. The van der Waals surface area contributed by atoms with Gasteiger partial charge in [0.15, 0.2) is 0 Å². The molecule has 0 radical (unpaired) electrons. The molecule has 0 N–H and O–H groups in total. The zero-order valence-corrected chi connectivity index (χ0v) is 13.7. The van der Waals surface area contributed by atoms with E-state index in [-0.39, 0.29) is 5.97 Å². The van der Waals surface area contributed by atoms with Crippen molar-refractivity contribution in [1.29, 1.82) is 0 Å². The van der Waals surface area contributed by atoms with Crippen LogP contribution in [-0.2, 0) is 4.74 Å². The highest BCUT2D eigenvalue weighted by atomic mass is 32.1. The van der Waals surface area contributed by atoms with Crippen LogP contribution in [0, 0.1) is 0 Å². The summed E-state index contributed by atoms with van der Waals surface area (Å²) in [6.07, 6.45) is 3.83. The molecule has 118 valence electrons. The molecule has 1 aliphatic rings. The van der Waals surface area contributed by atoms with Crippen molar-refractivity contribution in [2.75, 3.05) is 33.4 Å². The number of fused-ring (bicyclic) bond motifs is 1. The molecule has 2 heterocycles. The van der Waals surface area contributed by atoms with Crippen molar-refractivity contribution >= 4 is 27.4 Å². The summed E-state index contributed by atoms with van der Waals surface area (Å²) in [5.74, 6) is 0.580. The number of carbonyl (C=O) groups excluding carboxylic acids is 1. The molecule has 0 amide bonds. The van der Waals surface area contributed by atoms with Crippen LogP contribution in [0.2, 0.25) is 0 Å². The molecule has 0 atom stereocenters. The van der Waals surface area contributed by atoms with E-state index in [4.69, 9.17) is 9.47 Å². The van der Waals surface area contributed by atoms with Gasteiger partial charge in [0.05, 0.1) is 7.11 Å². The molecule has 1 aromatic carbocycles. The van der Waals surface area contributed by atoms with E-state index in [1.54, 1.807) is 7.11 Å². The number of methoxy groups -OCH3 is 1. The predicted molar refractivity (Wildman–Crippen MR) is 89.0 cm³/mol. The Morgan fingerprint density at radius 3 is 2.82 bits per heavy atom. The summed E-state index contributed by atoms with van der Waals surface area (Å²) >= 11 is 1.45. The van der Waals surface area contributed by atoms with E-state index < -0.39 is 0 Å². The molecule has 1 fully saturated rings.